The molecule has 0 spiro atoms. The molecule has 0 bridgehead atoms. The number of halogens is 3. The standard InChI is InChI=1S/C18H21F3N2O4/c1-11-8-14(23(10-11)16(25)27-17(2,3)4)15(24)22-12-6-5-7-13(9-12)26-18(19,20)21/h5-7,9,14H,1,8,10H2,2-4H3,(H,22,24). The zero-order valence-electron chi connectivity index (χ0n) is 15.2. The average Bonchev–Trinajstić information content (AvgIpc) is 2.86. The number of likely N-dealkylation sites (tertiary alicyclic amines) is 1. The van der Waals surface area contributed by atoms with Gasteiger partial charge in [0.25, 0.3) is 0 Å². The van der Waals surface area contributed by atoms with E-state index in [0.29, 0.717) is 5.57 Å². The Hall–Kier alpha value is -2.71. The lowest BCUT2D eigenvalue weighted by atomic mass is 10.1. The zero-order chi connectivity index (χ0) is 20.4. The van der Waals surface area contributed by atoms with E-state index >= 15 is 0 Å². The van der Waals surface area contributed by atoms with E-state index in [2.05, 4.69) is 16.6 Å². The van der Waals surface area contributed by atoms with Crippen LogP contribution < -0.4 is 10.1 Å². The van der Waals surface area contributed by atoms with Gasteiger partial charge in [0, 0.05) is 18.3 Å². The number of carbonyl (C=O) groups is 2. The Bertz CT molecular complexity index is 741. The van der Waals surface area contributed by atoms with E-state index in [1.807, 2.05) is 0 Å². The minimum absolute atomic E-state index is 0.114. The number of alkyl halides is 3. The van der Waals surface area contributed by atoms with Gasteiger partial charge in [0.1, 0.15) is 17.4 Å². The van der Waals surface area contributed by atoms with Crippen molar-refractivity contribution in [1.29, 1.82) is 0 Å². The molecule has 1 aliphatic rings. The average molecular weight is 386 g/mol. The molecule has 1 unspecified atom stereocenters. The summed E-state index contributed by atoms with van der Waals surface area (Å²) in [5.41, 5.74) is 0.0595. The predicted octanol–water partition coefficient (Wildman–Crippen LogP) is 4.09. The number of amides is 2. The lowest BCUT2D eigenvalue weighted by molar-refractivity contribution is -0.274. The maximum atomic E-state index is 12.6. The summed E-state index contributed by atoms with van der Waals surface area (Å²) in [6.45, 7) is 9.09. The summed E-state index contributed by atoms with van der Waals surface area (Å²) in [4.78, 5) is 26.1. The third-order valence-electron chi connectivity index (χ3n) is 3.52. The van der Waals surface area contributed by atoms with Crippen molar-refractivity contribution in [2.24, 2.45) is 0 Å². The molecule has 1 atom stereocenters. The minimum atomic E-state index is -4.83. The van der Waals surface area contributed by atoms with Gasteiger partial charge in [-0.1, -0.05) is 18.2 Å². The van der Waals surface area contributed by atoms with E-state index in [-0.39, 0.29) is 18.7 Å². The highest BCUT2D eigenvalue weighted by molar-refractivity contribution is 5.97. The van der Waals surface area contributed by atoms with Gasteiger partial charge in [-0.25, -0.2) is 4.79 Å². The second kappa shape index (κ2) is 7.50. The van der Waals surface area contributed by atoms with Crippen LogP contribution in [0.25, 0.3) is 0 Å². The van der Waals surface area contributed by atoms with Crippen molar-refractivity contribution in [1.82, 2.24) is 4.90 Å². The normalized spacial score (nSPS) is 17.6. The topological polar surface area (TPSA) is 67.9 Å². The van der Waals surface area contributed by atoms with Gasteiger partial charge in [-0.2, -0.15) is 0 Å². The van der Waals surface area contributed by atoms with Crippen molar-refractivity contribution in [3.63, 3.8) is 0 Å². The molecule has 1 aliphatic heterocycles. The van der Waals surface area contributed by atoms with Gasteiger partial charge in [0.15, 0.2) is 0 Å². The molecule has 27 heavy (non-hydrogen) atoms. The largest absolute Gasteiger partial charge is 0.573 e. The van der Waals surface area contributed by atoms with Crippen molar-refractivity contribution in [2.45, 2.75) is 45.2 Å². The van der Waals surface area contributed by atoms with Crippen molar-refractivity contribution < 1.29 is 32.2 Å². The Morgan fingerprint density at radius 1 is 1.26 bits per heavy atom. The van der Waals surface area contributed by atoms with Gasteiger partial charge in [-0.3, -0.25) is 9.69 Å². The van der Waals surface area contributed by atoms with Gasteiger partial charge in [0.05, 0.1) is 0 Å². The van der Waals surface area contributed by atoms with Crippen molar-refractivity contribution in [3.05, 3.63) is 36.4 Å². The molecular formula is C18H21F3N2O4. The molecule has 2 amide bonds. The SMILES string of the molecule is C=C1CC(C(=O)Nc2cccc(OC(F)(F)F)c2)N(C(=O)OC(C)(C)C)C1. The summed E-state index contributed by atoms with van der Waals surface area (Å²) >= 11 is 0. The van der Waals surface area contributed by atoms with Crippen LogP contribution in [-0.2, 0) is 9.53 Å². The number of benzene rings is 1. The molecule has 1 aromatic rings. The molecule has 0 saturated carbocycles. The van der Waals surface area contributed by atoms with Crippen LogP contribution in [0.15, 0.2) is 36.4 Å². The first-order valence-corrected chi connectivity index (χ1v) is 8.17. The quantitative estimate of drug-likeness (QED) is 0.795. The Kier molecular flexibility index (Phi) is 5.72. The first-order chi connectivity index (χ1) is 12.3. The lowest BCUT2D eigenvalue weighted by Gasteiger charge is -2.27. The maximum Gasteiger partial charge on any atom is 0.573 e. The molecule has 0 radical (unpaired) electrons. The van der Waals surface area contributed by atoms with Crippen LogP contribution >= 0.6 is 0 Å². The Balaban J connectivity index is 2.10. The number of rotatable bonds is 3. The van der Waals surface area contributed by atoms with Gasteiger partial charge in [-0.15, -0.1) is 13.2 Å². The number of carbonyl (C=O) groups excluding carboxylic acids is 2. The fraction of sp³-hybridized carbons (Fsp3) is 0.444. The first kappa shape index (κ1) is 20.6. The highest BCUT2D eigenvalue weighted by Crippen LogP contribution is 2.27. The van der Waals surface area contributed by atoms with Crippen LogP contribution in [0.4, 0.5) is 23.7 Å². The van der Waals surface area contributed by atoms with Crippen LogP contribution in [0, 0.1) is 0 Å². The molecule has 1 heterocycles. The summed E-state index contributed by atoms with van der Waals surface area (Å²) in [6, 6.07) is 4.04. The van der Waals surface area contributed by atoms with Gasteiger partial charge in [0.2, 0.25) is 5.91 Å². The predicted molar refractivity (Wildman–Crippen MR) is 92.2 cm³/mol. The van der Waals surface area contributed by atoms with E-state index in [4.69, 9.17) is 4.74 Å². The van der Waals surface area contributed by atoms with Gasteiger partial charge >= 0.3 is 12.5 Å². The smallest absolute Gasteiger partial charge is 0.444 e. The van der Waals surface area contributed by atoms with Crippen LogP contribution in [0.3, 0.4) is 0 Å². The van der Waals surface area contributed by atoms with E-state index in [1.54, 1.807) is 20.8 Å². The summed E-state index contributed by atoms with van der Waals surface area (Å²) < 4.78 is 46.1. The zero-order valence-corrected chi connectivity index (χ0v) is 15.2. The first-order valence-electron chi connectivity index (χ1n) is 8.17. The number of hydrogen-bond donors (Lipinski definition) is 1. The molecular weight excluding hydrogens is 365 g/mol. The summed E-state index contributed by atoms with van der Waals surface area (Å²) in [6.07, 6.45) is -5.25. The van der Waals surface area contributed by atoms with E-state index in [9.17, 15) is 22.8 Å². The second-order valence-corrected chi connectivity index (χ2v) is 7.14. The number of hydrogen-bond acceptors (Lipinski definition) is 4. The molecule has 0 aromatic heterocycles. The highest BCUT2D eigenvalue weighted by Gasteiger charge is 2.38. The number of anilines is 1. The Labute approximate surface area is 154 Å². The molecule has 1 aromatic carbocycles. The van der Waals surface area contributed by atoms with Crippen LogP contribution in [-0.4, -0.2) is 41.5 Å². The molecule has 148 valence electrons. The number of ether oxygens (including phenoxy) is 2. The van der Waals surface area contributed by atoms with E-state index in [0.717, 1.165) is 12.1 Å². The van der Waals surface area contributed by atoms with Gasteiger partial charge in [-0.05, 0) is 39.3 Å². The van der Waals surface area contributed by atoms with Crippen LogP contribution in [0.1, 0.15) is 27.2 Å². The van der Waals surface area contributed by atoms with E-state index in [1.165, 1.54) is 17.0 Å². The Morgan fingerprint density at radius 2 is 1.93 bits per heavy atom. The lowest BCUT2D eigenvalue weighted by Crippen LogP contribution is -2.45. The molecule has 0 aliphatic carbocycles. The van der Waals surface area contributed by atoms with Gasteiger partial charge < -0.3 is 14.8 Å². The molecule has 1 N–H and O–H groups in total. The fourth-order valence-electron chi connectivity index (χ4n) is 2.54. The third kappa shape index (κ3) is 6.19. The van der Waals surface area contributed by atoms with E-state index < -0.39 is 35.8 Å². The van der Waals surface area contributed by atoms with Crippen molar-refractivity contribution >= 4 is 17.7 Å². The molecule has 1 saturated heterocycles. The molecule has 1 fully saturated rings. The van der Waals surface area contributed by atoms with Crippen molar-refractivity contribution in [2.75, 3.05) is 11.9 Å². The summed E-state index contributed by atoms with van der Waals surface area (Å²) in [5.74, 6) is -1.01. The maximum absolute atomic E-state index is 12.6. The monoisotopic (exact) mass is 386 g/mol. The van der Waals surface area contributed by atoms with Crippen molar-refractivity contribution in [3.8, 4) is 5.75 Å². The third-order valence-corrected chi connectivity index (χ3v) is 3.52. The fourth-order valence-corrected chi connectivity index (χ4v) is 2.54. The highest BCUT2D eigenvalue weighted by atomic mass is 19.4. The summed E-state index contributed by atoms with van der Waals surface area (Å²) in [7, 11) is 0. The van der Waals surface area contributed by atoms with Crippen LogP contribution in [0.2, 0.25) is 0 Å². The Morgan fingerprint density at radius 3 is 2.52 bits per heavy atom. The summed E-state index contributed by atoms with van der Waals surface area (Å²) in [5, 5.41) is 2.50. The minimum Gasteiger partial charge on any atom is -0.444 e. The number of nitrogens with zero attached hydrogens (tertiary/aromatic N) is 1. The van der Waals surface area contributed by atoms with Crippen LogP contribution in [0.5, 0.6) is 5.75 Å². The second-order valence-electron chi connectivity index (χ2n) is 7.14. The molecule has 9 heteroatoms. The molecule has 6 nitrogen and oxygen atoms in total. The number of nitrogens with one attached hydrogen (secondary N) is 1. The molecule has 2 rings (SSSR count).